The molecule has 0 saturated heterocycles. The van der Waals surface area contributed by atoms with E-state index in [4.69, 9.17) is 5.11 Å². The number of halogens is 1. The number of carboxylic acids is 1. The largest absolute Gasteiger partial charge is 0.481 e. The van der Waals surface area contributed by atoms with E-state index in [1.807, 2.05) is 0 Å². The highest BCUT2D eigenvalue weighted by atomic mass is 19.1. The number of para-hydroxylation sites is 1. The summed E-state index contributed by atoms with van der Waals surface area (Å²) in [7, 11) is 0. The Hall–Kier alpha value is -1.91. The summed E-state index contributed by atoms with van der Waals surface area (Å²) in [5.74, 6) is -1.90. The molecule has 4 nitrogen and oxygen atoms in total. The number of carbonyl (C=O) groups excluding carboxylic acids is 1. The zero-order valence-electron chi connectivity index (χ0n) is 8.79. The summed E-state index contributed by atoms with van der Waals surface area (Å²) >= 11 is 0. The van der Waals surface area contributed by atoms with Crippen LogP contribution in [0.15, 0.2) is 18.2 Å². The third-order valence-electron chi connectivity index (χ3n) is 2.01. The number of benzene rings is 1. The molecule has 1 amide bonds. The molecule has 0 aliphatic heterocycles. The molecule has 0 spiro atoms. The van der Waals surface area contributed by atoms with Gasteiger partial charge in [0.15, 0.2) is 0 Å². The van der Waals surface area contributed by atoms with Gasteiger partial charge in [-0.05, 0) is 18.1 Å². The number of aryl methyl sites for hydroxylation is 1. The van der Waals surface area contributed by atoms with Crippen LogP contribution in [0.25, 0.3) is 0 Å². The Bertz CT molecular complexity index is 418. The van der Waals surface area contributed by atoms with Crippen LogP contribution in [0.3, 0.4) is 0 Å². The van der Waals surface area contributed by atoms with Crippen molar-refractivity contribution in [3.63, 3.8) is 0 Å². The smallest absolute Gasteiger partial charge is 0.303 e. The second kappa shape index (κ2) is 5.25. The average molecular weight is 225 g/mol. The quantitative estimate of drug-likeness (QED) is 0.821. The third-order valence-corrected chi connectivity index (χ3v) is 2.01. The average Bonchev–Trinajstić information content (AvgIpc) is 2.18. The molecule has 0 aliphatic rings. The van der Waals surface area contributed by atoms with Gasteiger partial charge in [0.1, 0.15) is 5.82 Å². The van der Waals surface area contributed by atoms with Crippen LogP contribution < -0.4 is 5.32 Å². The van der Waals surface area contributed by atoms with Crippen LogP contribution in [0, 0.1) is 5.82 Å². The Balaban J connectivity index is 2.93. The Kier molecular flexibility index (Phi) is 3.99. The molecule has 0 unspecified atom stereocenters. The van der Waals surface area contributed by atoms with E-state index in [0.717, 1.165) is 0 Å². The molecule has 0 heterocycles. The van der Waals surface area contributed by atoms with Crippen molar-refractivity contribution in [1.29, 1.82) is 0 Å². The van der Waals surface area contributed by atoms with Crippen LogP contribution in [0.5, 0.6) is 0 Å². The number of anilines is 1. The SMILES string of the molecule is CC(=O)Nc1c(F)cccc1CCC(=O)O. The summed E-state index contributed by atoms with van der Waals surface area (Å²) in [6.07, 6.45) is 0.0821. The van der Waals surface area contributed by atoms with E-state index in [9.17, 15) is 14.0 Å². The van der Waals surface area contributed by atoms with Gasteiger partial charge in [-0.15, -0.1) is 0 Å². The van der Waals surface area contributed by atoms with Crippen molar-refractivity contribution >= 4 is 17.6 Å². The highest BCUT2D eigenvalue weighted by Crippen LogP contribution is 2.21. The number of amides is 1. The highest BCUT2D eigenvalue weighted by Gasteiger charge is 2.10. The second-order valence-electron chi connectivity index (χ2n) is 3.35. The molecule has 0 atom stereocenters. The number of hydrogen-bond acceptors (Lipinski definition) is 2. The Morgan fingerprint density at radius 1 is 1.44 bits per heavy atom. The number of aliphatic carboxylic acids is 1. The Morgan fingerprint density at radius 2 is 2.12 bits per heavy atom. The molecule has 0 fully saturated rings. The van der Waals surface area contributed by atoms with Crippen LogP contribution in [0.1, 0.15) is 18.9 Å². The lowest BCUT2D eigenvalue weighted by atomic mass is 10.1. The van der Waals surface area contributed by atoms with Gasteiger partial charge in [0.25, 0.3) is 0 Å². The molecule has 1 aromatic rings. The summed E-state index contributed by atoms with van der Waals surface area (Å²) in [6, 6.07) is 4.30. The van der Waals surface area contributed by atoms with E-state index in [1.165, 1.54) is 19.1 Å². The number of carbonyl (C=O) groups is 2. The molecule has 0 radical (unpaired) electrons. The first kappa shape index (κ1) is 12.2. The molecule has 0 aromatic heterocycles. The lowest BCUT2D eigenvalue weighted by Gasteiger charge is -2.09. The van der Waals surface area contributed by atoms with E-state index in [0.29, 0.717) is 5.56 Å². The molecule has 5 heteroatoms. The molecule has 0 bridgehead atoms. The van der Waals surface area contributed by atoms with Gasteiger partial charge in [-0.2, -0.15) is 0 Å². The van der Waals surface area contributed by atoms with Crippen LogP contribution in [-0.2, 0) is 16.0 Å². The number of nitrogens with one attached hydrogen (secondary N) is 1. The number of rotatable bonds is 4. The van der Waals surface area contributed by atoms with Crippen molar-refractivity contribution in [2.45, 2.75) is 19.8 Å². The van der Waals surface area contributed by atoms with E-state index < -0.39 is 11.8 Å². The minimum atomic E-state index is -0.960. The van der Waals surface area contributed by atoms with Gasteiger partial charge in [-0.25, -0.2) is 4.39 Å². The molecule has 16 heavy (non-hydrogen) atoms. The van der Waals surface area contributed by atoms with E-state index in [-0.39, 0.29) is 24.4 Å². The molecule has 86 valence electrons. The van der Waals surface area contributed by atoms with Crippen molar-refractivity contribution < 1.29 is 19.1 Å². The first-order valence-electron chi connectivity index (χ1n) is 4.77. The highest BCUT2D eigenvalue weighted by molar-refractivity contribution is 5.89. The predicted octanol–water partition coefficient (Wildman–Crippen LogP) is 1.80. The molecule has 0 saturated carbocycles. The molecule has 1 rings (SSSR count). The fraction of sp³-hybridized carbons (Fsp3) is 0.273. The normalized spacial score (nSPS) is 9.88. The first-order chi connectivity index (χ1) is 7.50. The summed E-state index contributed by atoms with van der Waals surface area (Å²) in [6.45, 7) is 1.27. The van der Waals surface area contributed by atoms with Gasteiger partial charge in [0, 0.05) is 13.3 Å². The second-order valence-corrected chi connectivity index (χ2v) is 3.35. The van der Waals surface area contributed by atoms with Gasteiger partial charge in [-0.1, -0.05) is 12.1 Å². The fourth-order valence-electron chi connectivity index (χ4n) is 1.33. The lowest BCUT2D eigenvalue weighted by Crippen LogP contribution is -2.10. The van der Waals surface area contributed by atoms with Crippen molar-refractivity contribution in [2.24, 2.45) is 0 Å². The topological polar surface area (TPSA) is 66.4 Å². The number of carboxylic acid groups (broad SMARTS) is 1. The summed E-state index contributed by atoms with van der Waals surface area (Å²) in [5, 5.41) is 10.9. The van der Waals surface area contributed by atoms with Crippen LogP contribution >= 0.6 is 0 Å². The molecular weight excluding hydrogens is 213 g/mol. The molecule has 1 aromatic carbocycles. The van der Waals surface area contributed by atoms with Gasteiger partial charge in [-0.3, -0.25) is 9.59 Å². The number of hydrogen-bond donors (Lipinski definition) is 2. The van der Waals surface area contributed by atoms with Crippen LogP contribution in [0.4, 0.5) is 10.1 Å². The maximum Gasteiger partial charge on any atom is 0.303 e. The summed E-state index contributed by atoms with van der Waals surface area (Å²) < 4.78 is 13.4. The van der Waals surface area contributed by atoms with E-state index in [1.54, 1.807) is 6.07 Å². The van der Waals surface area contributed by atoms with Crippen molar-refractivity contribution in [2.75, 3.05) is 5.32 Å². The Labute approximate surface area is 92.1 Å². The van der Waals surface area contributed by atoms with Crippen molar-refractivity contribution in [3.8, 4) is 0 Å². The summed E-state index contributed by atoms with van der Waals surface area (Å²) in [5.41, 5.74) is 0.550. The van der Waals surface area contributed by atoms with Crippen molar-refractivity contribution in [3.05, 3.63) is 29.6 Å². The standard InChI is InChI=1S/C11H12FNO3/c1-7(14)13-11-8(5-6-10(15)16)3-2-4-9(11)12/h2-4H,5-6H2,1H3,(H,13,14)(H,15,16). The van der Waals surface area contributed by atoms with Crippen molar-refractivity contribution in [1.82, 2.24) is 0 Å². The minimum absolute atomic E-state index is 0.0660. The summed E-state index contributed by atoms with van der Waals surface area (Å²) in [4.78, 5) is 21.3. The van der Waals surface area contributed by atoms with Gasteiger partial charge in [0.2, 0.25) is 5.91 Å². The van der Waals surface area contributed by atoms with E-state index in [2.05, 4.69) is 5.32 Å². The zero-order valence-corrected chi connectivity index (χ0v) is 8.79. The zero-order chi connectivity index (χ0) is 12.1. The van der Waals surface area contributed by atoms with E-state index >= 15 is 0 Å². The molecule has 0 aliphatic carbocycles. The Morgan fingerprint density at radius 3 is 2.69 bits per heavy atom. The van der Waals surface area contributed by atoms with Gasteiger partial charge < -0.3 is 10.4 Å². The van der Waals surface area contributed by atoms with Crippen LogP contribution in [0.2, 0.25) is 0 Å². The monoisotopic (exact) mass is 225 g/mol. The minimum Gasteiger partial charge on any atom is -0.481 e. The third kappa shape index (κ3) is 3.34. The van der Waals surface area contributed by atoms with Gasteiger partial charge in [0.05, 0.1) is 5.69 Å². The maximum atomic E-state index is 13.4. The molecular formula is C11H12FNO3. The predicted molar refractivity (Wildman–Crippen MR) is 56.7 cm³/mol. The van der Waals surface area contributed by atoms with Gasteiger partial charge >= 0.3 is 5.97 Å². The lowest BCUT2D eigenvalue weighted by molar-refractivity contribution is -0.136. The molecule has 2 N–H and O–H groups in total. The first-order valence-corrected chi connectivity index (χ1v) is 4.77. The maximum absolute atomic E-state index is 13.4. The fourth-order valence-corrected chi connectivity index (χ4v) is 1.33. The van der Waals surface area contributed by atoms with Crippen LogP contribution in [-0.4, -0.2) is 17.0 Å².